The van der Waals surface area contributed by atoms with E-state index in [1.807, 2.05) is 0 Å². The zero-order valence-electron chi connectivity index (χ0n) is 11.6. The van der Waals surface area contributed by atoms with Gasteiger partial charge in [-0.1, -0.05) is 12.1 Å². The van der Waals surface area contributed by atoms with Gasteiger partial charge in [0.2, 0.25) is 0 Å². The Morgan fingerprint density at radius 2 is 1.71 bits per heavy atom. The van der Waals surface area contributed by atoms with Gasteiger partial charge in [-0.3, -0.25) is 19.3 Å². The van der Waals surface area contributed by atoms with Crippen LogP contribution in [-0.4, -0.2) is 48.3 Å². The molecule has 0 unspecified atom stereocenters. The van der Waals surface area contributed by atoms with Crippen LogP contribution >= 0.6 is 0 Å². The van der Waals surface area contributed by atoms with E-state index < -0.39 is 36.3 Å². The fourth-order valence-electron chi connectivity index (χ4n) is 1.99. The summed E-state index contributed by atoms with van der Waals surface area (Å²) in [6.45, 7) is 0.927. The van der Waals surface area contributed by atoms with E-state index in [1.54, 1.807) is 12.1 Å². The predicted octanol–water partition coefficient (Wildman–Crippen LogP) is -0.0397. The number of benzene rings is 1. The van der Waals surface area contributed by atoms with Gasteiger partial charge in [0.1, 0.15) is 6.04 Å². The van der Waals surface area contributed by atoms with Crippen LogP contribution in [0.4, 0.5) is 0 Å². The van der Waals surface area contributed by atoms with Crippen LogP contribution in [0.2, 0.25) is 0 Å². The standard InChI is InChI=1S/C14H14N2O5/c1-8(14(20)21-7-11(17)15-2)16-12(18)9-5-3-4-6-10(9)13(16)19/h3-6,8H,7H2,1-2H3,(H,15,17)/t8-/m1/s1. The third kappa shape index (κ3) is 2.62. The Kier molecular flexibility index (Phi) is 4.02. The summed E-state index contributed by atoms with van der Waals surface area (Å²) in [7, 11) is 1.41. The topological polar surface area (TPSA) is 92.8 Å². The number of rotatable bonds is 4. The normalized spacial score (nSPS) is 14.7. The summed E-state index contributed by atoms with van der Waals surface area (Å²) >= 11 is 0. The van der Waals surface area contributed by atoms with Gasteiger partial charge in [-0.15, -0.1) is 0 Å². The van der Waals surface area contributed by atoms with Gasteiger partial charge in [-0.25, -0.2) is 4.79 Å². The number of nitrogens with one attached hydrogen (secondary N) is 1. The van der Waals surface area contributed by atoms with E-state index in [2.05, 4.69) is 5.32 Å². The van der Waals surface area contributed by atoms with Crippen LogP contribution in [0.1, 0.15) is 27.6 Å². The summed E-state index contributed by atoms with van der Waals surface area (Å²) in [5, 5.41) is 2.30. The first kappa shape index (κ1) is 14.7. The van der Waals surface area contributed by atoms with Crippen molar-refractivity contribution in [2.45, 2.75) is 13.0 Å². The van der Waals surface area contributed by atoms with Crippen molar-refractivity contribution in [3.63, 3.8) is 0 Å². The number of fused-ring (bicyclic) bond motifs is 1. The number of nitrogens with zero attached hydrogens (tertiary/aromatic N) is 1. The molecule has 1 aliphatic rings. The molecule has 1 heterocycles. The molecule has 7 heteroatoms. The lowest BCUT2D eigenvalue weighted by Gasteiger charge is -2.20. The average Bonchev–Trinajstić information content (AvgIpc) is 2.76. The molecule has 7 nitrogen and oxygen atoms in total. The lowest BCUT2D eigenvalue weighted by atomic mass is 10.1. The summed E-state index contributed by atoms with van der Waals surface area (Å²) in [4.78, 5) is 48.1. The van der Waals surface area contributed by atoms with Crippen molar-refractivity contribution < 1.29 is 23.9 Å². The molecule has 0 radical (unpaired) electrons. The molecule has 1 aromatic carbocycles. The van der Waals surface area contributed by atoms with Crippen LogP contribution in [0.15, 0.2) is 24.3 Å². The lowest BCUT2D eigenvalue weighted by Crippen LogP contribution is -2.44. The van der Waals surface area contributed by atoms with Crippen LogP contribution in [0.5, 0.6) is 0 Å². The number of likely N-dealkylation sites (N-methyl/N-ethyl adjacent to an activating group) is 1. The summed E-state index contributed by atoms with van der Waals surface area (Å²) in [6.07, 6.45) is 0. The molecule has 21 heavy (non-hydrogen) atoms. The predicted molar refractivity (Wildman–Crippen MR) is 71.4 cm³/mol. The zero-order valence-corrected chi connectivity index (χ0v) is 11.6. The SMILES string of the molecule is CNC(=O)COC(=O)[C@@H](C)N1C(=O)c2ccccc2C1=O. The highest BCUT2D eigenvalue weighted by Gasteiger charge is 2.41. The highest BCUT2D eigenvalue weighted by atomic mass is 16.5. The number of carbonyl (C=O) groups excluding carboxylic acids is 4. The van der Waals surface area contributed by atoms with Crippen LogP contribution < -0.4 is 5.32 Å². The van der Waals surface area contributed by atoms with E-state index in [9.17, 15) is 19.2 Å². The summed E-state index contributed by atoms with van der Waals surface area (Å²) in [5.74, 6) is -2.37. The Morgan fingerprint density at radius 3 is 2.19 bits per heavy atom. The van der Waals surface area contributed by atoms with E-state index in [-0.39, 0.29) is 11.1 Å². The number of imide groups is 1. The summed E-state index contributed by atoms with van der Waals surface area (Å²) in [5.41, 5.74) is 0.516. The number of ether oxygens (including phenoxy) is 1. The largest absolute Gasteiger partial charge is 0.454 e. The minimum atomic E-state index is -1.10. The fraction of sp³-hybridized carbons (Fsp3) is 0.286. The van der Waals surface area contributed by atoms with Gasteiger partial charge in [0.05, 0.1) is 11.1 Å². The second-order valence-electron chi connectivity index (χ2n) is 4.48. The highest BCUT2D eigenvalue weighted by Crippen LogP contribution is 2.24. The quantitative estimate of drug-likeness (QED) is 0.620. The van der Waals surface area contributed by atoms with E-state index in [0.717, 1.165) is 4.90 Å². The molecule has 0 spiro atoms. The summed E-state index contributed by atoms with van der Waals surface area (Å²) in [6, 6.07) is 5.24. The molecule has 0 saturated carbocycles. The molecule has 1 aromatic rings. The molecule has 0 aliphatic carbocycles. The van der Waals surface area contributed by atoms with Gasteiger partial charge in [0.25, 0.3) is 17.7 Å². The average molecular weight is 290 g/mol. The second-order valence-corrected chi connectivity index (χ2v) is 4.48. The van der Waals surface area contributed by atoms with Crippen molar-refractivity contribution in [2.24, 2.45) is 0 Å². The van der Waals surface area contributed by atoms with E-state index in [0.29, 0.717) is 0 Å². The maximum Gasteiger partial charge on any atom is 0.329 e. The van der Waals surface area contributed by atoms with Crippen LogP contribution in [-0.2, 0) is 14.3 Å². The first-order valence-electron chi connectivity index (χ1n) is 6.31. The molecule has 0 bridgehead atoms. The molecule has 0 fully saturated rings. The van der Waals surface area contributed by atoms with Crippen molar-refractivity contribution in [3.8, 4) is 0 Å². The second kappa shape index (κ2) is 5.74. The summed E-state index contributed by atoms with van der Waals surface area (Å²) < 4.78 is 4.77. The maximum absolute atomic E-state index is 12.2. The molecular weight excluding hydrogens is 276 g/mol. The number of carbonyl (C=O) groups is 4. The van der Waals surface area contributed by atoms with Gasteiger partial charge in [-0.2, -0.15) is 0 Å². The number of esters is 1. The third-order valence-electron chi connectivity index (χ3n) is 3.18. The molecule has 2 rings (SSSR count). The Hall–Kier alpha value is -2.70. The molecule has 3 amide bonds. The minimum absolute atomic E-state index is 0.258. The van der Waals surface area contributed by atoms with Crippen LogP contribution in [0.3, 0.4) is 0 Å². The minimum Gasteiger partial charge on any atom is -0.454 e. The van der Waals surface area contributed by atoms with Gasteiger partial charge in [-0.05, 0) is 19.1 Å². The molecule has 1 N–H and O–H groups in total. The molecule has 0 aromatic heterocycles. The van der Waals surface area contributed by atoms with Crippen molar-refractivity contribution in [3.05, 3.63) is 35.4 Å². The molecular formula is C14H14N2O5. The number of amides is 3. The van der Waals surface area contributed by atoms with Crippen molar-refractivity contribution in [1.29, 1.82) is 0 Å². The Balaban J connectivity index is 2.12. The van der Waals surface area contributed by atoms with Gasteiger partial charge in [0.15, 0.2) is 6.61 Å². The van der Waals surface area contributed by atoms with E-state index in [1.165, 1.54) is 26.1 Å². The monoisotopic (exact) mass is 290 g/mol. The Bertz CT molecular complexity index is 591. The number of hydrogen-bond donors (Lipinski definition) is 1. The van der Waals surface area contributed by atoms with Gasteiger partial charge in [0, 0.05) is 7.05 Å². The molecule has 1 atom stereocenters. The molecule has 0 saturated heterocycles. The van der Waals surface area contributed by atoms with Gasteiger partial charge < -0.3 is 10.1 Å². The van der Waals surface area contributed by atoms with Crippen LogP contribution in [0.25, 0.3) is 0 Å². The smallest absolute Gasteiger partial charge is 0.329 e. The first-order chi connectivity index (χ1) is 9.97. The van der Waals surface area contributed by atoms with Crippen molar-refractivity contribution >= 4 is 23.7 Å². The lowest BCUT2D eigenvalue weighted by molar-refractivity contribution is -0.151. The van der Waals surface area contributed by atoms with Crippen molar-refractivity contribution in [2.75, 3.05) is 13.7 Å². The first-order valence-corrected chi connectivity index (χ1v) is 6.31. The molecule has 1 aliphatic heterocycles. The van der Waals surface area contributed by atoms with Gasteiger partial charge >= 0.3 is 5.97 Å². The van der Waals surface area contributed by atoms with E-state index in [4.69, 9.17) is 4.74 Å². The molecule has 110 valence electrons. The number of hydrogen-bond acceptors (Lipinski definition) is 5. The zero-order chi connectivity index (χ0) is 15.6. The maximum atomic E-state index is 12.2. The van der Waals surface area contributed by atoms with Crippen molar-refractivity contribution in [1.82, 2.24) is 10.2 Å². The van der Waals surface area contributed by atoms with E-state index >= 15 is 0 Å². The third-order valence-corrected chi connectivity index (χ3v) is 3.18. The Labute approximate surface area is 120 Å². The van der Waals surface area contributed by atoms with Crippen LogP contribution in [0, 0.1) is 0 Å². The Morgan fingerprint density at radius 1 is 1.19 bits per heavy atom. The highest BCUT2D eigenvalue weighted by molar-refractivity contribution is 6.22. The fourth-order valence-corrected chi connectivity index (χ4v) is 1.99.